The van der Waals surface area contributed by atoms with Crippen molar-refractivity contribution in [3.05, 3.63) is 65.2 Å². The maximum Gasteiger partial charge on any atom is 0.251 e. The third kappa shape index (κ3) is 7.17. The van der Waals surface area contributed by atoms with E-state index in [1.165, 1.54) is 17.0 Å². The van der Waals surface area contributed by atoms with Gasteiger partial charge in [0.25, 0.3) is 5.91 Å². The monoisotopic (exact) mass is 430 g/mol. The second-order valence-electron chi connectivity index (χ2n) is 7.93. The SMILES string of the molecule is CCCC[C@H](CC)CNC(=O)c1ccc(N(Cc2ccc(C)cc2)S(C)(=O)=O)cc1. The summed E-state index contributed by atoms with van der Waals surface area (Å²) in [6.45, 7) is 7.23. The van der Waals surface area contributed by atoms with Crippen LogP contribution in [-0.4, -0.2) is 27.1 Å². The van der Waals surface area contributed by atoms with Gasteiger partial charge in [-0.15, -0.1) is 0 Å². The molecule has 1 amide bonds. The van der Waals surface area contributed by atoms with Gasteiger partial charge in [0.1, 0.15) is 0 Å². The van der Waals surface area contributed by atoms with Gasteiger partial charge in [-0.3, -0.25) is 9.10 Å². The summed E-state index contributed by atoms with van der Waals surface area (Å²) >= 11 is 0. The molecule has 0 aromatic heterocycles. The highest BCUT2D eigenvalue weighted by atomic mass is 32.2. The van der Waals surface area contributed by atoms with Crippen LogP contribution >= 0.6 is 0 Å². The number of benzene rings is 2. The van der Waals surface area contributed by atoms with E-state index in [0.717, 1.165) is 30.4 Å². The molecule has 0 aliphatic rings. The number of sulfonamides is 1. The molecule has 0 aliphatic carbocycles. The molecule has 2 aromatic carbocycles. The van der Waals surface area contributed by atoms with Crippen LogP contribution in [0.15, 0.2) is 48.5 Å². The summed E-state index contributed by atoms with van der Waals surface area (Å²) in [4.78, 5) is 12.5. The predicted molar refractivity (Wildman–Crippen MR) is 124 cm³/mol. The predicted octanol–water partition coefficient (Wildman–Crippen LogP) is 4.91. The van der Waals surface area contributed by atoms with Gasteiger partial charge in [0.05, 0.1) is 18.5 Å². The number of carbonyl (C=O) groups excluding carboxylic acids is 1. The topological polar surface area (TPSA) is 66.5 Å². The first-order chi connectivity index (χ1) is 14.2. The van der Waals surface area contributed by atoms with Crippen molar-refractivity contribution in [3.63, 3.8) is 0 Å². The number of hydrogen-bond acceptors (Lipinski definition) is 3. The molecular weight excluding hydrogens is 396 g/mol. The Kier molecular flexibility index (Phi) is 8.90. The summed E-state index contributed by atoms with van der Waals surface area (Å²) in [6.07, 6.45) is 5.69. The quantitative estimate of drug-likeness (QED) is 0.551. The maximum absolute atomic E-state index is 12.5. The Balaban J connectivity index is 2.08. The zero-order valence-corrected chi connectivity index (χ0v) is 19.3. The third-order valence-corrected chi connectivity index (χ3v) is 6.50. The van der Waals surface area contributed by atoms with Crippen molar-refractivity contribution in [2.24, 2.45) is 5.92 Å². The maximum atomic E-state index is 12.5. The van der Waals surface area contributed by atoms with E-state index in [0.29, 0.717) is 23.7 Å². The average molecular weight is 431 g/mol. The van der Waals surface area contributed by atoms with Gasteiger partial charge in [-0.25, -0.2) is 8.42 Å². The van der Waals surface area contributed by atoms with Crippen LogP contribution in [0, 0.1) is 12.8 Å². The molecule has 1 atom stereocenters. The van der Waals surface area contributed by atoms with Crippen molar-refractivity contribution >= 4 is 21.6 Å². The molecule has 0 spiro atoms. The number of aryl methyl sites for hydroxylation is 1. The van der Waals surface area contributed by atoms with E-state index in [9.17, 15) is 13.2 Å². The zero-order valence-electron chi connectivity index (χ0n) is 18.5. The Labute approximate surface area is 181 Å². The molecule has 0 heterocycles. The van der Waals surface area contributed by atoms with Crippen LogP contribution in [0.1, 0.15) is 61.0 Å². The highest BCUT2D eigenvalue weighted by Crippen LogP contribution is 2.22. The van der Waals surface area contributed by atoms with Crippen LogP contribution in [0.25, 0.3) is 0 Å². The number of rotatable bonds is 11. The summed E-state index contributed by atoms with van der Waals surface area (Å²) < 4.78 is 26.1. The van der Waals surface area contributed by atoms with Gasteiger partial charge in [0, 0.05) is 12.1 Å². The van der Waals surface area contributed by atoms with E-state index in [1.54, 1.807) is 24.3 Å². The summed E-state index contributed by atoms with van der Waals surface area (Å²) in [5.41, 5.74) is 3.11. The lowest BCUT2D eigenvalue weighted by molar-refractivity contribution is 0.0946. The largest absolute Gasteiger partial charge is 0.352 e. The molecule has 0 fully saturated rings. The second-order valence-corrected chi connectivity index (χ2v) is 9.84. The first-order valence-electron chi connectivity index (χ1n) is 10.7. The van der Waals surface area contributed by atoms with Crippen LogP contribution < -0.4 is 9.62 Å². The molecule has 164 valence electrons. The smallest absolute Gasteiger partial charge is 0.251 e. The fraction of sp³-hybridized carbons (Fsp3) is 0.458. The van der Waals surface area contributed by atoms with E-state index < -0.39 is 10.0 Å². The average Bonchev–Trinajstić information content (AvgIpc) is 2.72. The Bertz CT molecular complexity index is 906. The second kappa shape index (κ2) is 11.2. The summed E-state index contributed by atoms with van der Waals surface area (Å²) in [7, 11) is -3.46. The Morgan fingerprint density at radius 1 is 1.03 bits per heavy atom. The van der Waals surface area contributed by atoms with Gasteiger partial charge in [0.15, 0.2) is 0 Å². The van der Waals surface area contributed by atoms with E-state index in [-0.39, 0.29) is 12.5 Å². The van der Waals surface area contributed by atoms with Crippen LogP contribution in [0.2, 0.25) is 0 Å². The first-order valence-corrected chi connectivity index (χ1v) is 12.5. The molecule has 0 saturated heterocycles. The van der Waals surface area contributed by atoms with Gasteiger partial charge in [-0.1, -0.05) is 62.9 Å². The number of nitrogens with zero attached hydrogens (tertiary/aromatic N) is 1. The minimum atomic E-state index is -3.46. The van der Waals surface area contributed by atoms with Crippen molar-refractivity contribution < 1.29 is 13.2 Å². The zero-order chi connectivity index (χ0) is 22.1. The van der Waals surface area contributed by atoms with Crippen molar-refractivity contribution in [2.75, 3.05) is 17.1 Å². The number of amides is 1. The van der Waals surface area contributed by atoms with Crippen molar-refractivity contribution in [2.45, 2.75) is 53.0 Å². The van der Waals surface area contributed by atoms with E-state index >= 15 is 0 Å². The normalized spacial score (nSPS) is 12.4. The van der Waals surface area contributed by atoms with Gasteiger partial charge < -0.3 is 5.32 Å². The van der Waals surface area contributed by atoms with Crippen LogP contribution in [0.5, 0.6) is 0 Å². The van der Waals surface area contributed by atoms with Crippen molar-refractivity contribution in [3.8, 4) is 0 Å². The van der Waals surface area contributed by atoms with Gasteiger partial charge in [0.2, 0.25) is 10.0 Å². The van der Waals surface area contributed by atoms with Crippen molar-refractivity contribution in [1.29, 1.82) is 0 Å². The lowest BCUT2D eigenvalue weighted by Crippen LogP contribution is -2.30. The molecule has 0 radical (unpaired) electrons. The number of unbranched alkanes of at least 4 members (excludes halogenated alkanes) is 1. The number of hydrogen-bond donors (Lipinski definition) is 1. The van der Waals surface area contributed by atoms with Gasteiger partial charge in [-0.05, 0) is 49.1 Å². The van der Waals surface area contributed by atoms with Gasteiger partial charge >= 0.3 is 0 Å². The Morgan fingerprint density at radius 3 is 2.20 bits per heavy atom. The number of anilines is 1. The molecule has 0 aliphatic heterocycles. The van der Waals surface area contributed by atoms with Crippen LogP contribution in [-0.2, 0) is 16.6 Å². The molecule has 6 heteroatoms. The van der Waals surface area contributed by atoms with Crippen LogP contribution in [0.4, 0.5) is 5.69 Å². The highest BCUT2D eigenvalue weighted by molar-refractivity contribution is 7.92. The molecule has 2 rings (SSSR count). The molecule has 0 bridgehead atoms. The third-order valence-electron chi connectivity index (χ3n) is 5.36. The fourth-order valence-corrected chi connectivity index (χ4v) is 4.21. The molecule has 2 aromatic rings. The standard InChI is InChI=1S/C24H34N2O3S/c1-5-7-8-20(6-2)17-25-24(27)22-13-15-23(16-14-22)26(30(4,28)29)18-21-11-9-19(3)10-12-21/h9-16,20H,5-8,17-18H2,1-4H3,(H,25,27)/t20-/m0/s1. The lowest BCUT2D eigenvalue weighted by Gasteiger charge is -2.23. The summed E-state index contributed by atoms with van der Waals surface area (Å²) in [6, 6.07) is 14.5. The highest BCUT2D eigenvalue weighted by Gasteiger charge is 2.18. The van der Waals surface area contributed by atoms with Crippen LogP contribution in [0.3, 0.4) is 0 Å². The number of carbonyl (C=O) groups is 1. The summed E-state index contributed by atoms with van der Waals surface area (Å²) in [5.74, 6) is 0.365. The Hall–Kier alpha value is -2.34. The molecule has 1 N–H and O–H groups in total. The number of nitrogens with one attached hydrogen (secondary N) is 1. The Morgan fingerprint density at radius 2 is 1.67 bits per heavy atom. The molecule has 0 saturated carbocycles. The van der Waals surface area contributed by atoms with E-state index in [4.69, 9.17) is 0 Å². The molecular formula is C24H34N2O3S. The minimum Gasteiger partial charge on any atom is -0.352 e. The summed E-state index contributed by atoms with van der Waals surface area (Å²) in [5, 5.41) is 3.01. The van der Waals surface area contributed by atoms with E-state index in [1.807, 2.05) is 31.2 Å². The molecule has 5 nitrogen and oxygen atoms in total. The minimum absolute atomic E-state index is 0.124. The lowest BCUT2D eigenvalue weighted by atomic mass is 9.99. The molecule has 0 unspecified atom stereocenters. The van der Waals surface area contributed by atoms with Gasteiger partial charge in [-0.2, -0.15) is 0 Å². The fourth-order valence-electron chi connectivity index (χ4n) is 3.32. The first kappa shape index (κ1) is 23.9. The van der Waals surface area contributed by atoms with E-state index in [2.05, 4.69) is 19.2 Å². The molecule has 30 heavy (non-hydrogen) atoms. The van der Waals surface area contributed by atoms with Crippen molar-refractivity contribution in [1.82, 2.24) is 5.32 Å².